The smallest absolute Gasteiger partial charge is 0.381 e. The van der Waals surface area contributed by atoms with Crippen LogP contribution in [0.4, 0.5) is 43.9 Å². The molecule has 10 heterocycles. The van der Waals surface area contributed by atoms with Crippen molar-refractivity contribution in [3.05, 3.63) is 160 Å². The van der Waals surface area contributed by atoms with E-state index in [1.54, 1.807) is 13.2 Å². The first-order valence-electron chi connectivity index (χ1n) is 32.8. The van der Waals surface area contributed by atoms with Gasteiger partial charge < -0.3 is 27.4 Å². The molecule has 0 radical (unpaired) electrons. The van der Waals surface area contributed by atoms with Crippen LogP contribution >= 0.6 is 0 Å². The fourth-order valence-electron chi connectivity index (χ4n) is 7.68. The molecule has 0 aromatic carbocycles. The first-order chi connectivity index (χ1) is 45.5. The number of aromatic amines is 2. The van der Waals surface area contributed by atoms with Gasteiger partial charge in [0, 0.05) is 91.9 Å². The second-order valence-electron chi connectivity index (χ2n) is 34.0. The largest absolute Gasteiger partial charge is 0.423 e. The summed E-state index contributed by atoms with van der Waals surface area (Å²) in [6.45, 7) is 60.6. The molecule has 0 amide bonds. The molecule has 2 N–H and O–H groups in total. The predicted molar refractivity (Wildman–Crippen MR) is 380 cm³/mol. The normalized spacial score (nSPS) is 14.0. The van der Waals surface area contributed by atoms with E-state index < -0.39 is 42.3 Å². The average Bonchev–Trinajstić information content (AvgIpc) is 1.70. The Labute approximate surface area is 591 Å². The van der Waals surface area contributed by atoms with E-state index in [1.165, 1.54) is 47.7 Å². The van der Waals surface area contributed by atoms with Crippen LogP contribution < -0.4 is 0 Å². The molecule has 3 aliphatic heterocycles. The fraction of sp³-hybridized carbons (Fsp3) is 0.595. The Morgan fingerprint density at radius 1 is 0.505 bits per heavy atom. The van der Waals surface area contributed by atoms with Gasteiger partial charge in [0.1, 0.15) is 24.0 Å². The second-order valence-corrected chi connectivity index (χ2v) is 34.0. The molecule has 0 saturated heterocycles. The van der Waals surface area contributed by atoms with Gasteiger partial charge in [-0.3, -0.25) is 15.1 Å². The molecule has 0 fully saturated rings. The lowest BCUT2D eigenvalue weighted by Gasteiger charge is -2.18. The molecule has 17 nitrogen and oxygen atoms in total. The number of aliphatic imine (C=N–C) groups is 3. The van der Waals surface area contributed by atoms with E-state index in [9.17, 15) is 43.9 Å². The van der Waals surface area contributed by atoms with Gasteiger partial charge in [0.2, 0.25) is 17.9 Å². The quantitative estimate of drug-likeness (QED) is 0.136. The van der Waals surface area contributed by atoms with Crippen LogP contribution in [0.15, 0.2) is 111 Å². The summed E-state index contributed by atoms with van der Waals surface area (Å²) in [7, 11) is 1.68. The maximum atomic E-state index is 12.8. The lowest BCUT2D eigenvalue weighted by Crippen LogP contribution is -2.16. The highest BCUT2D eigenvalue weighted by atomic mass is 19.2. The highest BCUT2D eigenvalue weighted by Crippen LogP contribution is 2.33. The fourth-order valence-corrected chi connectivity index (χ4v) is 7.68. The molecule has 566 valence electrons. The third-order valence-corrected chi connectivity index (χ3v) is 14.1. The molecular weight excluding hydrogens is 1320 g/mol. The Bertz CT molecular complexity index is 3540. The number of rotatable bonds is 0. The van der Waals surface area contributed by atoms with E-state index in [2.05, 4.69) is 94.5 Å². The zero-order valence-corrected chi connectivity index (χ0v) is 65.2. The van der Waals surface area contributed by atoms with Gasteiger partial charge >= 0.3 is 12.3 Å². The number of oxazole rings is 2. The van der Waals surface area contributed by atoms with Crippen LogP contribution in [0.5, 0.6) is 0 Å². The number of nitrogens with one attached hydrogen (secondary N) is 2. The van der Waals surface area contributed by atoms with E-state index in [-0.39, 0.29) is 72.0 Å². The van der Waals surface area contributed by atoms with Gasteiger partial charge in [-0.2, -0.15) is 45.1 Å². The number of halogens is 10. The molecule has 0 bridgehead atoms. The standard InChI is InChI=1S/C8H13FN2.3C8H12FN.2C7H11FN2.4C7H10FNO/c1-8(2,3)6-5-10-7(9)11(6)4;1-8(2,3)6-4-7(9)10-5-6;1-8(2,3)6-4-5-10-7(6)9;1-8(2,3)6-4-5-7(9)10-6;1-7(2,3)5-4-9-6(8)10-5;1-7(2,3)5-4-6(8)10-9-5;1-7(2,3)5-4-10-6(8)9-5;1-7(2,3)5-4-9-6(8)10-5;1-7(2,3)5-4-10-9-6(5)8;1-7(2,3)5-4-6(8)9-10-5/h5H,1-4H3;3*4H,5H2,1-3H3;2*4H,1-3H3,(H,9,10);4*4H,1-3H3. The summed E-state index contributed by atoms with van der Waals surface area (Å²) < 4.78 is 144. The molecule has 0 spiro atoms. The summed E-state index contributed by atoms with van der Waals surface area (Å²) in [5.74, 6) is -1.22. The molecule has 3 aliphatic rings. The third-order valence-electron chi connectivity index (χ3n) is 14.1. The van der Waals surface area contributed by atoms with Gasteiger partial charge in [0.25, 0.3) is 24.1 Å². The first-order valence-corrected chi connectivity index (χ1v) is 32.8. The van der Waals surface area contributed by atoms with Gasteiger partial charge in [-0.25, -0.2) is 15.0 Å². The summed E-state index contributed by atoms with van der Waals surface area (Å²) in [5.41, 5.74) is 5.59. The SMILES string of the molecule is CC(C)(C)C1=CC(F)=NC1.CC(C)(C)C1=CCC(F)=N1.CC(C)(C)C1=CCN=C1F.CC(C)(C)c1cc(F)n[nH]1.CC(C)(C)c1cc(F)no1.CC(C)(C)c1cnc(F)[nH]1.CC(C)(C)c1cnc(F)o1.CC(C)(C)c1coc(F)n1.CC(C)(C)c1conc1F.Cn1c(C(C)(C)C)cnc1F. The van der Waals surface area contributed by atoms with Crippen molar-refractivity contribution in [2.24, 2.45) is 38.3 Å². The predicted octanol–water partition coefficient (Wildman–Crippen LogP) is 21.4. The van der Waals surface area contributed by atoms with Crippen LogP contribution in [0, 0.1) is 58.5 Å². The molecule has 27 heteroatoms. The van der Waals surface area contributed by atoms with Crippen molar-refractivity contribution in [3.63, 3.8) is 0 Å². The molecule has 0 atom stereocenters. The Morgan fingerprint density at radius 2 is 1.08 bits per heavy atom. The highest BCUT2D eigenvalue weighted by Gasteiger charge is 2.27. The summed E-state index contributed by atoms with van der Waals surface area (Å²) in [4.78, 5) is 27.5. The van der Waals surface area contributed by atoms with Gasteiger partial charge in [-0.05, 0) is 38.2 Å². The number of hydrogen-bond acceptors (Lipinski definition) is 14. The van der Waals surface area contributed by atoms with Crippen LogP contribution in [-0.2, 0) is 45.0 Å². The lowest BCUT2D eigenvalue weighted by molar-refractivity contribution is 0.289. The first kappa shape index (κ1) is 91.0. The van der Waals surface area contributed by atoms with Gasteiger partial charge in [-0.1, -0.05) is 220 Å². The highest BCUT2D eigenvalue weighted by molar-refractivity contribution is 5.95. The molecule has 0 unspecified atom stereocenters. The van der Waals surface area contributed by atoms with Crippen molar-refractivity contribution in [3.8, 4) is 0 Å². The van der Waals surface area contributed by atoms with Crippen LogP contribution in [0.1, 0.15) is 254 Å². The van der Waals surface area contributed by atoms with Crippen molar-refractivity contribution in [2.45, 2.75) is 252 Å². The third kappa shape index (κ3) is 34.0. The van der Waals surface area contributed by atoms with Crippen LogP contribution in [0.3, 0.4) is 0 Å². The summed E-state index contributed by atoms with van der Waals surface area (Å²) in [5, 5.41) is 12.3. The Balaban J connectivity index is 0.000000561. The van der Waals surface area contributed by atoms with Crippen LogP contribution in [-0.4, -0.2) is 81.0 Å². The monoisotopic (exact) mass is 1440 g/mol. The van der Waals surface area contributed by atoms with Crippen LogP contribution in [0.2, 0.25) is 0 Å². The number of allylic oxidation sites excluding steroid dienone is 4. The van der Waals surface area contributed by atoms with E-state index in [0.29, 0.717) is 42.3 Å². The minimum absolute atomic E-state index is 0.00611. The van der Waals surface area contributed by atoms with E-state index in [0.717, 1.165) is 33.9 Å². The Morgan fingerprint density at radius 3 is 1.28 bits per heavy atom. The number of hydrogen-bond donors (Lipinski definition) is 2. The zero-order chi connectivity index (χ0) is 78.6. The maximum absolute atomic E-state index is 12.8. The molecule has 7 aromatic rings. The van der Waals surface area contributed by atoms with Crippen molar-refractivity contribution in [1.82, 2.24) is 50.0 Å². The minimum atomic E-state index is -0.759. The number of H-pyrrole nitrogens is 2. The van der Waals surface area contributed by atoms with E-state index in [1.807, 2.05) is 199 Å². The van der Waals surface area contributed by atoms with Crippen molar-refractivity contribution in [1.29, 1.82) is 0 Å². The molecule has 101 heavy (non-hydrogen) atoms. The molecule has 0 aliphatic carbocycles. The average molecular weight is 1440 g/mol. The molecular formula is C74H111F10N13O4. The number of imidazole rings is 2. The number of aromatic nitrogens is 10. The molecule has 10 rings (SSSR count). The second kappa shape index (κ2) is 36.7. The van der Waals surface area contributed by atoms with E-state index in [4.69, 9.17) is 4.52 Å². The Hall–Kier alpha value is -8.00. The summed E-state index contributed by atoms with van der Waals surface area (Å²) >= 11 is 0. The summed E-state index contributed by atoms with van der Waals surface area (Å²) in [6, 6.07) is 2.72. The number of nitrogens with zero attached hydrogens (tertiary/aromatic N) is 11. The van der Waals surface area contributed by atoms with E-state index >= 15 is 0 Å². The van der Waals surface area contributed by atoms with Crippen molar-refractivity contribution < 1.29 is 61.8 Å². The minimum Gasteiger partial charge on any atom is -0.423 e. The van der Waals surface area contributed by atoms with Gasteiger partial charge in [-0.15, -0.1) is 13.9 Å². The van der Waals surface area contributed by atoms with Gasteiger partial charge in [0.05, 0.1) is 42.9 Å². The molecule has 0 saturated carbocycles. The van der Waals surface area contributed by atoms with Crippen molar-refractivity contribution >= 4 is 17.9 Å². The maximum Gasteiger partial charge on any atom is 0.381 e. The summed E-state index contributed by atoms with van der Waals surface area (Å²) in [6.07, 6.45) is 10.3. The molecule has 7 aromatic heterocycles. The lowest BCUT2D eigenvalue weighted by atomic mass is 9.87. The zero-order valence-electron chi connectivity index (χ0n) is 65.2. The topological polar surface area (TPSA) is 216 Å². The van der Waals surface area contributed by atoms with Crippen LogP contribution in [0.25, 0.3) is 0 Å². The Kier molecular flexibility index (Phi) is 33.1. The van der Waals surface area contributed by atoms with Crippen molar-refractivity contribution in [2.75, 3.05) is 13.1 Å². The van der Waals surface area contributed by atoms with Gasteiger partial charge in [0.15, 0.2) is 5.97 Å².